The van der Waals surface area contributed by atoms with E-state index in [0.29, 0.717) is 6.04 Å². The minimum atomic E-state index is 0.419. The summed E-state index contributed by atoms with van der Waals surface area (Å²) in [5.74, 6) is 1.03. The molecule has 0 radical (unpaired) electrons. The summed E-state index contributed by atoms with van der Waals surface area (Å²) < 4.78 is 5.70. The molecule has 1 unspecified atom stereocenters. The number of nitrogens with one attached hydrogen (secondary N) is 1. The lowest BCUT2D eigenvalue weighted by atomic mass is 10.0. The van der Waals surface area contributed by atoms with E-state index in [1.54, 1.807) is 0 Å². The van der Waals surface area contributed by atoms with Crippen LogP contribution in [0.4, 0.5) is 0 Å². The first kappa shape index (κ1) is 12.4. The van der Waals surface area contributed by atoms with Crippen molar-refractivity contribution in [2.75, 3.05) is 33.3 Å². The molecule has 1 saturated heterocycles. The Morgan fingerprint density at radius 2 is 2.18 bits per heavy atom. The molecule has 1 N–H and O–H groups in total. The third-order valence-corrected chi connectivity index (χ3v) is 3.28. The van der Waals surface area contributed by atoms with E-state index in [0.717, 1.165) is 38.4 Å². The van der Waals surface area contributed by atoms with Crippen LogP contribution < -0.4 is 10.1 Å². The summed E-state index contributed by atoms with van der Waals surface area (Å²) in [5, 5.41) is 3.61. The summed E-state index contributed by atoms with van der Waals surface area (Å²) in [4.78, 5) is 2.37. The monoisotopic (exact) mass is 234 g/mol. The first-order chi connectivity index (χ1) is 8.31. The molecule has 0 saturated carbocycles. The molecule has 0 aliphatic carbocycles. The molecule has 1 aliphatic heterocycles. The van der Waals surface area contributed by atoms with Gasteiger partial charge in [0, 0.05) is 24.7 Å². The van der Waals surface area contributed by atoms with Gasteiger partial charge in [0.1, 0.15) is 5.75 Å². The van der Waals surface area contributed by atoms with Crippen LogP contribution in [0.3, 0.4) is 0 Å². The predicted molar refractivity (Wildman–Crippen MR) is 70.5 cm³/mol. The third-order valence-electron chi connectivity index (χ3n) is 3.28. The van der Waals surface area contributed by atoms with Gasteiger partial charge >= 0.3 is 0 Å². The van der Waals surface area contributed by atoms with E-state index in [4.69, 9.17) is 4.74 Å². The van der Waals surface area contributed by atoms with Crippen LogP contribution in [0.2, 0.25) is 0 Å². The standard InChI is InChI=1S/C14H22N2O/c1-3-17-14-7-5-4-6-12(14)13-8-10-16(2)11-9-15-13/h4-7,13,15H,3,8-11H2,1-2H3. The van der Waals surface area contributed by atoms with Crippen LogP contribution in [-0.4, -0.2) is 38.2 Å². The lowest BCUT2D eigenvalue weighted by Crippen LogP contribution is -2.25. The van der Waals surface area contributed by atoms with E-state index < -0.39 is 0 Å². The van der Waals surface area contributed by atoms with Crippen LogP contribution in [0.15, 0.2) is 24.3 Å². The lowest BCUT2D eigenvalue weighted by molar-refractivity contribution is 0.329. The van der Waals surface area contributed by atoms with Gasteiger partial charge in [-0.2, -0.15) is 0 Å². The molecule has 1 aromatic rings. The maximum Gasteiger partial charge on any atom is 0.124 e. The maximum absolute atomic E-state index is 5.70. The number of ether oxygens (including phenoxy) is 1. The molecule has 0 aromatic heterocycles. The summed E-state index contributed by atoms with van der Waals surface area (Å²) in [6.07, 6.45) is 1.14. The number of hydrogen-bond donors (Lipinski definition) is 1. The Balaban J connectivity index is 2.14. The van der Waals surface area contributed by atoms with Gasteiger partial charge in [0.2, 0.25) is 0 Å². The highest BCUT2D eigenvalue weighted by Gasteiger charge is 2.18. The molecule has 3 heteroatoms. The smallest absolute Gasteiger partial charge is 0.124 e. The van der Waals surface area contributed by atoms with Crippen molar-refractivity contribution in [3.8, 4) is 5.75 Å². The van der Waals surface area contributed by atoms with Crippen molar-refractivity contribution in [1.29, 1.82) is 0 Å². The van der Waals surface area contributed by atoms with Crippen LogP contribution in [0.25, 0.3) is 0 Å². The van der Waals surface area contributed by atoms with Crippen LogP contribution >= 0.6 is 0 Å². The molecule has 0 bridgehead atoms. The number of para-hydroxylation sites is 1. The second-order valence-corrected chi connectivity index (χ2v) is 4.57. The van der Waals surface area contributed by atoms with Gasteiger partial charge in [-0.15, -0.1) is 0 Å². The van der Waals surface area contributed by atoms with Crippen molar-refractivity contribution in [2.24, 2.45) is 0 Å². The highest BCUT2D eigenvalue weighted by molar-refractivity contribution is 5.36. The topological polar surface area (TPSA) is 24.5 Å². The highest BCUT2D eigenvalue weighted by Crippen LogP contribution is 2.28. The van der Waals surface area contributed by atoms with Crippen molar-refractivity contribution >= 4 is 0 Å². The van der Waals surface area contributed by atoms with Crippen LogP contribution in [0.5, 0.6) is 5.75 Å². The fourth-order valence-corrected chi connectivity index (χ4v) is 2.31. The normalized spacial score (nSPS) is 22.1. The summed E-state index contributed by atoms with van der Waals surface area (Å²) in [5.41, 5.74) is 1.30. The first-order valence-electron chi connectivity index (χ1n) is 6.45. The van der Waals surface area contributed by atoms with Crippen molar-refractivity contribution in [1.82, 2.24) is 10.2 Å². The minimum absolute atomic E-state index is 0.419. The van der Waals surface area contributed by atoms with Gasteiger partial charge in [-0.3, -0.25) is 0 Å². The Morgan fingerprint density at radius 1 is 1.35 bits per heavy atom. The largest absolute Gasteiger partial charge is 0.494 e. The molecule has 1 atom stereocenters. The molecule has 3 nitrogen and oxygen atoms in total. The average Bonchev–Trinajstić information content (AvgIpc) is 2.55. The van der Waals surface area contributed by atoms with Crippen molar-refractivity contribution in [2.45, 2.75) is 19.4 Å². The minimum Gasteiger partial charge on any atom is -0.494 e. The fraction of sp³-hybridized carbons (Fsp3) is 0.571. The second kappa shape index (κ2) is 6.03. The first-order valence-corrected chi connectivity index (χ1v) is 6.45. The molecule has 0 amide bonds. The lowest BCUT2D eigenvalue weighted by Gasteiger charge is -2.19. The fourth-order valence-electron chi connectivity index (χ4n) is 2.31. The van der Waals surface area contributed by atoms with Gasteiger partial charge in [-0.25, -0.2) is 0 Å². The van der Waals surface area contributed by atoms with E-state index in [1.165, 1.54) is 5.56 Å². The number of benzene rings is 1. The summed E-state index contributed by atoms with van der Waals surface area (Å²) in [6.45, 7) is 6.06. The zero-order valence-corrected chi connectivity index (χ0v) is 10.8. The number of rotatable bonds is 3. The Kier molecular flexibility index (Phi) is 4.40. The van der Waals surface area contributed by atoms with E-state index >= 15 is 0 Å². The molecule has 17 heavy (non-hydrogen) atoms. The van der Waals surface area contributed by atoms with Crippen LogP contribution in [0.1, 0.15) is 24.9 Å². The molecular weight excluding hydrogens is 212 g/mol. The third kappa shape index (κ3) is 3.20. The van der Waals surface area contributed by atoms with E-state index in [-0.39, 0.29) is 0 Å². The van der Waals surface area contributed by atoms with Crippen LogP contribution in [-0.2, 0) is 0 Å². The van der Waals surface area contributed by atoms with Gasteiger partial charge < -0.3 is 15.0 Å². The highest BCUT2D eigenvalue weighted by atomic mass is 16.5. The molecule has 94 valence electrons. The number of likely N-dealkylation sites (N-methyl/N-ethyl adjacent to an activating group) is 1. The number of hydrogen-bond acceptors (Lipinski definition) is 3. The Morgan fingerprint density at radius 3 is 3.00 bits per heavy atom. The van der Waals surface area contributed by atoms with E-state index in [9.17, 15) is 0 Å². The molecule has 1 aromatic carbocycles. The molecular formula is C14H22N2O. The number of nitrogens with zero attached hydrogens (tertiary/aromatic N) is 1. The molecule has 1 fully saturated rings. The van der Waals surface area contributed by atoms with Gasteiger partial charge in [0.25, 0.3) is 0 Å². The van der Waals surface area contributed by atoms with Gasteiger partial charge in [0.15, 0.2) is 0 Å². The van der Waals surface area contributed by atoms with Crippen molar-refractivity contribution in [3.05, 3.63) is 29.8 Å². The summed E-state index contributed by atoms with van der Waals surface area (Å²) in [6, 6.07) is 8.79. The zero-order valence-electron chi connectivity index (χ0n) is 10.8. The van der Waals surface area contributed by atoms with Crippen molar-refractivity contribution in [3.63, 3.8) is 0 Å². The molecule has 1 aliphatic rings. The summed E-state index contributed by atoms with van der Waals surface area (Å²) in [7, 11) is 2.18. The summed E-state index contributed by atoms with van der Waals surface area (Å²) >= 11 is 0. The van der Waals surface area contributed by atoms with Crippen molar-refractivity contribution < 1.29 is 4.74 Å². The van der Waals surface area contributed by atoms with E-state index in [1.807, 2.05) is 13.0 Å². The maximum atomic E-state index is 5.70. The van der Waals surface area contributed by atoms with Crippen LogP contribution in [0, 0.1) is 0 Å². The van der Waals surface area contributed by atoms with Gasteiger partial charge in [-0.1, -0.05) is 18.2 Å². The Bertz CT molecular complexity index is 354. The second-order valence-electron chi connectivity index (χ2n) is 4.57. The molecule has 0 spiro atoms. The Hall–Kier alpha value is -1.06. The molecule has 1 heterocycles. The zero-order chi connectivity index (χ0) is 12.1. The van der Waals surface area contributed by atoms with E-state index in [2.05, 4.69) is 35.5 Å². The Labute approximate surface area is 104 Å². The van der Waals surface area contributed by atoms with Gasteiger partial charge in [0.05, 0.1) is 6.61 Å². The van der Waals surface area contributed by atoms with Gasteiger partial charge in [-0.05, 0) is 33.0 Å². The SMILES string of the molecule is CCOc1ccccc1C1CCN(C)CCN1. The molecule has 2 rings (SSSR count). The average molecular weight is 234 g/mol. The quantitative estimate of drug-likeness (QED) is 0.866. The predicted octanol–water partition coefficient (Wildman–Crippen LogP) is 2.05.